The van der Waals surface area contributed by atoms with E-state index in [1.54, 1.807) is 7.11 Å². The van der Waals surface area contributed by atoms with E-state index in [0.717, 1.165) is 24.7 Å². The molecule has 0 amide bonds. The van der Waals surface area contributed by atoms with Crippen molar-refractivity contribution in [2.75, 3.05) is 51.4 Å². The Kier molecular flexibility index (Phi) is 5.44. The summed E-state index contributed by atoms with van der Waals surface area (Å²) in [6.07, 6.45) is 0.561. The normalized spacial score (nSPS) is 19.5. The maximum Gasteiger partial charge on any atom is 0.176 e. The third-order valence-corrected chi connectivity index (χ3v) is 4.70. The number of morpholine rings is 1. The average Bonchev–Trinajstić information content (AvgIpc) is 2.80. The number of anilines is 2. The maximum absolute atomic E-state index is 11.9. The summed E-state index contributed by atoms with van der Waals surface area (Å²) >= 11 is 1.35. The Balaban J connectivity index is 2.07. The van der Waals surface area contributed by atoms with Crippen LogP contribution in [0.15, 0.2) is 0 Å². The summed E-state index contributed by atoms with van der Waals surface area (Å²) in [5.74, 6) is 0.596. The molecular weight excluding hydrogens is 290 g/mol. The number of rotatable bonds is 6. The molecule has 7 heteroatoms. The SMILES string of the molecule is CCC(=O)c1sc(NCC2CN(C)CCO2)c(OC)c1N. The van der Waals surface area contributed by atoms with E-state index in [4.69, 9.17) is 15.2 Å². The van der Waals surface area contributed by atoms with Gasteiger partial charge >= 0.3 is 0 Å². The lowest BCUT2D eigenvalue weighted by molar-refractivity contribution is -0.0117. The molecule has 0 aromatic carbocycles. The van der Waals surface area contributed by atoms with Gasteiger partial charge in [-0.1, -0.05) is 6.92 Å². The van der Waals surface area contributed by atoms with Gasteiger partial charge in [0.25, 0.3) is 0 Å². The number of thiophene rings is 1. The lowest BCUT2D eigenvalue weighted by Gasteiger charge is -2.30. The van der Waals surface area contributed by atoms with Gasteiger partial charge in [-0.2, -0.15) is 0 Å². The number of nitrogens with one attached hydrogen (secondary N) is 1. The van der Waals surface area contributed by atoms with Crippen molar-refractivity contribution >= 4 is 27.8 Å². The Morgan fingerprint density at radius 2 is 2.38 bits per heavy atom. The maximum atomic E-state index is 11.9. The van der Waals surface area contributed by atoms with Gasteiger partial charge in [0.15, 0.2) is 11.5 Å². The van der Waals surface area contributed by atoms with E-state index in [0.29, 0.717) is 29.3 Å². The molecule has 6 nitrogen and oxygen atoms in total. The van der Waals surface area contributed by atoms with Crippen LogP contribution in [0.5, 0.6) is 5.75 Å². The minimum absolute atomic E-state index is 0.0394. The third-order valence-electron chi connectivity index (χ3n) is 3.51. The highest BCUT2D eigenvalue weighted by molar-refractivity contribution is 7.19. The van der Waals surface area contributed by atoms with Crippen molar-refractivity contribution in [2.24, 2.45) is 0 Å². The fraction of sp³-hybridized carbons (Fsp3) is 0.643. The lowest BCUT2D eigenvalue weighted by atomic mass is 10.2. The van der Waals surface area contributed by atoms with Gasteiger partial charge in [0, 0.05) is 26.1 Å². The number of ether oxygens (including phenoxy) is 2. The van der Waals surface area contributed by atoms with Crippen molar-refractivity contribution in [3.8, 4) is 5.75 Å². The van der Waals surface area contributed by atoms with Gasteiger partial charge in [0.1, 0.15) is 5.00 Å². The first kappa shape index (κ1) is 16.1. The Hall–Kier alpha value is -1.31. The van der Waals surface area contributed by atoms with Gasteiger partial charge < -0.3 is 25.4 Å². The molecule has 1 fully saturated rings. The molecule has 1 atom stereocenters. The lowest BCUT2D eigenvalue weighted by Crippen LogP contribution is -2.43. The molecule has 0 aliphatic carbocycles. The first-order valence-corrected chi connectivity index (χ1v) is 7.91. The summed E-state index contributed by atoms with van der Waals surface area (Å²) in [6.45, 7) is 5.08. The summed E-state index contributed by atoms with van der Waals surface area (Å²) in [5, 5.41) is 4.10. The second kappa shape index (κ2) is 7.11. The van der Waals surface area contributed by atoms with Gasteiger partial charge in [-0.05, 0) is 7.05 Å². The molecule has 0 radical (unpaired) electrons. The molecule has 1 aliphatic heterocycles. The Morgan fingerprint density at radius 1 is 1.62 bits per heavy atom. The smallest absolute Gasteiger partial charge is 0.176 e. The summed E-state index contributed by atoms with van der Waals surface area (Å²) in [6, 6.07) is 0. The number of carbonyl (C=O) groups is 1. The number of hydrogen-bond donors (Lipinski definition) is 2. The number of methoxy groups -OCH3 is 1. The zero-order valence-corrected chi connectivity index (χ0v) is 13.6. The molecule has 1 aliphatic rings. The predicted molar refractivity (Wildman–Crippen MR) is 85.6 cm³/mol. The van der Waals surface area contributed by atoms with E-state index >= 15 is 0 Å². The van der Waals surface area contributed by atoms with Crippen LogP contribution in [0, 0.1) is 0 Å². The molecule has 0 saturated carbocycles. The minimum atomic E-state index is 0.0394. The number of nitrogens with zero attached hydrogens (tertiary/aromatic N) is 1. The molecule has 118 valence electrons. The van der Waals surface area contributed by atoms with Gasteiger partial charge in [-0.25, -0.2) is 0 Å². The molecular formula is C14H23N3O3S. The monoisotopic (exact) mass is 313 g/mol. The van der Waals surface area contributed by atoms with Crippen LogP contribution in [0.2, 0.25) is 0 Å². The molecule has 2 heterocycles. The molecule has 21 heavy (non-hydrogen) atoms. The quantitative estimate of drug-likeness (QED) is 0.778. The number of carbonyl (C=O) groups excluding carboxylic acids is 1. The third kappa shape index (κ3) is 3.66. The van der Waals surface area contributed by atoms with Crippen molar-refractivity contribution in [1.82, 2.24) is 4.90 Å². The fourth-order valence-corrected chi connectivity index (χ4v) is 3.42. The van der Waals surface area contributed by atoms with E-state index < -0.39 is 0 Å². The standard InChI is InChI=1S/C14H23N3O3S/c1-4-10(18)13-11(15)12(19-3)14(21-13)16-7-9-8-17(2)5-6-20-9/h9,16H,4-8,15H2,1-3H3. The van der Waals surface area contributed by atoms with Gasteiger partial charge in [-0.15, -0.1) is 11.3 Å². The number of likely N-dealkylation sites (N-methyl/N-ethyl adjacent to an activating group) is 1. The number of Topliss-reactive ketones (excluding diaryl/α,β-unsaturated/α-hetero) is 1. The van der Waals surface area contributed by atoms with Crippen LogP contribution in [0.1, 0.15) is 23.0 Å². The van der Waals surface area contributed by atoms with Gasteiger partial charge in [0.2, 0.25) is 0 Å². The van der Waals surface area contributed by atoms with Crippen LogP contribution < -0.4 is 15.8 Å². The van der Waals surface area contributed by atoms with Crippen LogP contribution in [-0.4, -0.2) is 57.2 Å². The number of ketones is 1. The van der Waals surface area contributed by atoms with Crippen LogP contribution in [-0.2, 0) is 4.74 Å². The van der Waals surface area contributed by atoms with Crippen molar-refractivity contribution in [2.45, 2.75) is 19.4 Å². The summed E-state index contributed by atoms with van der Waals surface area (Å²) in [5.41, 5.74) is 6.44. The predicted octanol–water partition coefficient (Wildman–Crippen LogP) is 1.67. The van der Waals surface area contributed by atoms with E-state index in [1.807, 2.05) is 6.92 Å². The summed E-state index contributed by atoms with van der Waals surface area (Å²) in [7, 11) is 3.64. The van der Waals surface area contributed by atoms with Crippen molar-refractivity contribution in [3.05, 3.63) is 4.88 Å². The topological polar surface area (TPSA) is 76.8 Å². The molecule has 0 bridgehead atoms. The molecule has 1 unspecified atom stereocenters. The molecule has 3 N–H and O–H groups in total. The van der Waals surface area contributed by atoms with Crippen LogP contribution in [0.4, 0.5) is 10.7 Å². The first-order valence-electron chi connectivity index (χ1n) is 7.10. The van der Waals surface area contributed by atoms with Gasteiger partial charge in [-0.3, -0.25) is 4.79 Å². The second-order valence-corrected chi connectivity index (χ2v) is 6.14. The van der Waals surface area contributed by atoms with Gasteiger partial charge in [0.05, 0.1) is 30.4 Å². The summed E-state index contributed by atoms with van der Waals surface area (Å²) < 4.78 is 11.0. The molecule has 1 saturated heterocycles. The second-order valence-electron chi connectivity index (χ2n) is 5.12. The van der Waals surface area contributed by atoms with E-state index in [-0.39, 0.29) is 11.9 Å². The highest BCUT2D eigenvalue weighted by Gasteiger charge is 2.23. The molecule has 2 rings (SSSR count). The largest absolute Gasteiger partial charge is 0.492 e. The minimum Gasteiger partial charge on any atom is -0.492 e. The van der Waals surface area contributed by atoms with Crippen molar-refractivity contribution in [3.63, 3.8) is 0 Å². The van der Waals surface area contributed by atoms with Crippen LogP contribution >= 0.6 is 11.3 Å². The fourth-order valence-electron chi connectivity index (χ4n) is 2.31. The van der Waals surface area contributed by atoms with Crippen molar-refractivity contribution in [1.29, 1.82) is 0 Å². The first-order chi connectivity index (χ1) is 10.1. The Labute approximate surface area is 129 Å². The molecule has 1 aromatic rings. The highest BCUT2D eigenvalue weighted by atomic mass is 32.1. The zero-order valence-electron chi connectivity index (χ0n) is 12.8. The van der Waals surface area contributed by atoms with Crippen LogP contribution in [0.3, 0.4) is 0 Å². The molecule has 1 aromatic heterocycles. The average molecular weight is 313 g/mol. The highest BCUT2D eigenvalue weighted by Crippen LogP contribution is 2.42. The van der Waals surface area contributed by atoms with E-state index in [9.17, 15) is 4.79 Å². The molecule has 0 spiro atoms. The zero-order chi connectivity index (χ0) is 15.4. The Bertz CT molecular complexity index is 504. The summed E-state index contributed by atoms with van der Waals surface area (Å²) in [4.78, 5) is 14.7. The van der Waals surface area contributed by atoms with E-state index in [1.165, 1.54) is 11.3 Å². The van der Waals surface area contributed by atoms with Crippen molar-refractivity contribution < 1.29 is 14.3 Å². The number of nitrogens with two attached hydrogens (primary N) is 1. The number of nitrogen functional groups attached to an aromatic ring is 1. The number of hydrogen-bond acceptors (Lipinski definition) is 7. The van der Waals surface area contributed by atoms with E-state index in [2.05, 4.69) is 17.3 Å². The Morgan fingerprint density at radius 3 is 3.00 bits per heavy atom. The van der Waals surface area contributed by atoms with Crippen LogP contribution in [0.25, 0.3) is 0 Å².